The van der Waals surface area contributed by atoms with Gasteiger partial charge in [0.05, 0.1) is 12.6 Å². The lowest BCUT2D eigenvalue weighted by Crippen LogP contribution is -2.43. The molecule has 0 unspecified atom stereocenters. The average molecular weight is 267 g/mol. The predicted octanol–water partition coefficient (Wildman–Crippen LogP) is -0.341. The molecular formula is C12H17N3O4. The van der Waals surface area contributed by atoms with E-state index in [9.17, 15) is 14.4 Å². The Bertz CT molecular complexity index is 581. The molecule has 1 aromatic rings. The van der Waals surface area contributed by atoms with Crippen LogP contribution in [0, 0.1) is 6.92 Å². The molecule has 2 atom stereocenters. The first-order chi connectivity index (χ1) is 8.97. The molecule has 0 aromatic carbocycles. The van der Waals surface area contributed by atoms with E-state index < -0.39 is 11.9 Å². The molecule has 0 aliphatic carbocycles. The molecule has 0 radical (unpaired) electrons. The minimum atomic E-state index is -0.474. The van der Waals surface area contributed by atoms with E-state index in [0.717, 1.165) is 6.42 Å². The summed E-state index contributed by atoms with van der Waals surface area (Å²) in [4.78, 5) is 36.2. The number of amides is 1. The molecule has 0 saturated carbocycles. The first-order valence-electron chi connectivity index (χ1n) is 6.18. The van der Waals surface area contributed by atoms with Crippen LogP contribution in [-0.2, 0) is 9.53 Å². The molecule has 7 nitrogen and oxygen atoms in total. The number of H-pyrrole nitrogens is 1. The fraction of sp³-hybridized carbons (Fsp3) is 0.583. The number of nitrogens with one attached hydrogen (secondary N) is 2. The van der Waals surface area contributed by atoms with Gasteiger partial charge in [0.25, 0.3) is 5.56 Å². The van der Waals surface area contributed by atoms with Crippen LogP contribution in [0.2, 0.25) is 0 Å². The average Bonchev–Trinajstić information content (AvgIpc) is 2.34. The molecule has 1 aromatic heterocycles. The zero-order chi connectivity index (χ0) is 14.0. The topological polar surface area (TPSA) is 93.2 Å². The molecule has 1 aliphatic heterocycles. The Morgan fingerprint density at radius 3 is 2.79 bits per heavy atom. The summed E-state index contributed by atoms with van der Waals surface area (Å²) in [6.45, 7) is 3.45. The van der Waals surface area contributed by atoms with Gasteiger partial charge in [-0.25, -0.2) is 4.79 Å². The summed E-state index contributed by atoms with van der Waals surface area (Å²) in [5.74, 6) is -0.0934. The second-order valence-corrected chi connectivity index (χ2v) is 4.74. The van der Waals surface area contributed by atoms with Gasteiger partial charge in [0.2, 0.25) is 5.91 Å². The van der Waals surface area contributed by atoms with Gasteiger partial charge in [0.1, 0.15) is 6.23 Å². The summed E-state index contributed by atoms with van der Waals surface area (Å²) in [6, 6.07) is -0.0201. The Kier molecular flexibility index (Phi) is 3.84. The molecule has 2 heterocycles. The van der Waals surface area contributed by atoms with Crippen LogP contribution in [0.25, 0.3) is 0 Å². The Morgan fingerprint density at radius 1 is 1.47 bits per heavy atom. The van der Waals surface area contributed by atoms with Crippen LogP contribution in [-0.4, -0.2) is 28.1 Å². The third-order valence-electron chi connectivity index (χ3n) is 3.12. The molecule has 1 fully saturated rings. The number of rotatable bonds is 2. The second-order valence-electron chi connectivity index (χ2n) is 4.74. The van der Waals surface area contributed by atoms with Crippen molar-refractivity contribution < 1.29 is 9.53 Å². The molecule has 104 valence electrons. The number of hydrogen-bond donors (Lipinski definition) is 2. The smallest absolute Gasteiger partial charge is 0.330 e. The van der Waals surface area contributed by atoms with Crippen molar-refractivity contribution in [2.45, 2.75) is 39.0 Å². The van der Waals surface area contributed by atoms with Crippen molar-refractivity contribution in [3.05, 3.63) is 32.6 Å². The van der Waals surface area contributed by atoms with E-state index in [0.29, 0.717) is 18.6 Å². The molecule has 0 bridgehead atoms. The van der Waals surface area contributed by atoms with Crippen molar-refractivity contribution in [1.29, 1.82) is 0 Å². The maximum absolute atomic E-state index is 11.7. The van der Waals surface area contributed by atoms with Crippen LogP contribution < -0.4 is 16.6 Å². The SMILES string of the molecule is CC(=O)N[C@@H]1CC[C@@H](n2cc(C)c(=O)[nH]c2=O)OC1. The van der Waals surface area contributed by atoms with Crippen LogP contribution >= 0.6 is 0 Å². The highest BCUT2D eigenvalue weighted by Crippen LogP contribution is 2.21. The summed E-state index contributed by atoms with van der Waals surface area (Å²) in [5, 5.41) is 2.78. The summed E-state index contributed by atoms with van der Waals surface area (Å²) < 4.78 is 6.97. The molecule has 19 heavy (non-hydrogen) atoms. The number of hydrogen-bond acceptors (Lipinski definition) is 4. The third-order valence-corrected chi connectivity index (χ3v) is 3.12. The Labute approximate surface area is 109 Å². The summed E-state index contributed by atoms with van der Waals surface area (Å²) in [6.07, 6.45) is 2.45. The van der Waals surface area contributed by atoms with Gasteiger partial charge in [-0.3, -0.25) is 19.1 Å². The maximum atomic E-state index is 11.7. The molecular weight excluding hydrogens is 250 g/mol. The van der Waals surface area contributed by atoms with E-state index in [1.54, 1.807) is 6.92 Å². The van der Waals surface area contributed by atoms with Gasteiger partial charge < -0.3 is 10.1 Å². The second kappa shape index (κ2) is 5.40. The van der Waals surface area contributed by atoms with Crippen molar-refractivity contribution in [3.63, 3.8) is 0 Å². The molecule has 2 rings (SSSR count). The van der Waals surface area contributed by atoms with Crippen LogP contribution in [0.3, 0.4) is 0 Å². The van der Waals surface area contributed by atoms with Crippen molar-refractivity contribution >= 4 is 5.91 Å². The van der Waals surface area contributed by atoms with Gasteiger partial charge in [-0.1, -0.05) is 0 Å². The molecule has 2 N–H and O–H groups in total. The number of aryl methyl sites for hydroxylation is 1. The third kappa shape index (κ3) is 3.11. The lowest BCUT2D eigenvalue weighted by molar-refractivity contribution is -0.122. The Balaban J connectivity index is 2.10. The lowest BCUT2D eigenvalue weighted by Gasteiger charge is -2.30. The fourth-order valence-corrected chi connectivity index (χ4v) is 2.16. The van der Waals surface area contributed by atoms with Gasteiger partial charge in [0.15, 0.2) is 0 Å². The number of aromatic amines is 1. The van der Waals surface area contributed by atoms with E-state index >= 15 is 0 Å². The maximum Gasteiger partial charge on any atom is 0.330 e. The number of ether oxygens (including phenoxy) is 1. The van der Waals surface area contributed by atoms with Crippen molar-refractivity contribution in [3.8, 4) is 0 Å². The Hall–Kier alpha value is -1.89. The first kappa shape index (κ1) is 13.5. The van der Waals surface area contributed by atoms with Crippen LogP contribution in [0.4, 0.5) is 0 Å². The monoisotopic (exact) mass is 267 g/mol. The molecule has 1 saturated heterocycles. The van der Waals surface area contributed by atoms with E-state index in [2.05, 4.69) is 10.3 Å². The van der Waals surface area contributed by atoms with Crippen LogP contribution in [0.5, 0.6) is 0 Å². The largest absolute Gasteiger partial charge is 0.356 e. The summed E-state index contributed by atoms with van der Waals surface area (Å²) in [7, 11) is 0. The predicted molar refractivity (Wildman–Crippen MR) is 67.9 cm³/mol. The standard InChI is InChI=1S/C12H17N3O4/c1-7-5-15(12(18)14-11(7)17)10-4-3-9(6-19-10)13-8(2)16/h5,9-10H,3-4,6H2,1-2H3,(H,13,16)(H,14,17,18)/t9-,10+/m1/s1. The zero-order valence-electron chi connectivity index (χ0n) is 10.9. The number of nitrogens with zero attached hydrogens (tertiary/aromatic N) is 1. The normalized spacial score (nSPS) is 23.1. The van der Waals surface area contributed by atoms with E-state index in [1.807, 2.05) is 0 Å². The Morgan fingerprint density at radius 2 is 2.21 bits per heavy atom. The van der Waals surface area contributed by atoms with E-state index in [1.165, 1.54) is 17.7 Å². The van der Waals surface area contributed by atoms with Crippen molar-refractivity contribution in [2.75, 3.05) is 6.61 Å². The van der Waals surface area contributed by atoms with Gasteiger partial charge in [-0.15, -0.1) is 0 Å². The highest BCUT2D eigenvalue weighted by Gasteiger charge is 2.24. The van der Waals surface area contributed by atoms with Gasteiger partial charge in [-0.05, 0) is 19.8 Å². The molecule has 0 spiro atoms. The van der Waals surface area contributed by atoms with Gasteiger partial charge in [0, 0.05) is 18.7 Å². The zero-order valence-corrected chi connectivity index (χ0v) is 10.9. The molecule has 1 amide bonds. The molecule has 7 heteroatoms. The molecule has 1 aliphatic rings. The lowest BCUT2D eigenvalue weighted by atomic mass is 10.1. The van der Waals surface area contributed by atoms with Crippen molar-refractivity contribution in [1.82, 2.24) is 14.9 Å². The number of carbonyl (C=O) groups excluding carboxylic acids is 1. The minimum absolute atomic E-state index is 0.0201. The van der Waals surface area contributed by atoms with Crippen LogP contribution in [0.1, 0.15) is 31.6 Å². The highest BCUT2D eigenvalue weighted by atomic mass is 16.5. The number of carbonyl (C=O) groups is 1. The quantitative estimate of drug-likeness (QED) is 0.766. The summed E-state index contributed by atoms with van der Waals surface area (Å²) >= 11 is 0. The van der Waals surface area contributed by atoms with Crippen LogP contribution in [0.15, 0.2) is 15.8 Å². The van der Waals surface area contributed by atoms with E-state index in [4.69, 9.17) is 4.74 Å². The highest BCUT2D eigenvalue weighted by molar-refractivity contribution is 5.73. The van der Waals surface area contributed by atoms with E-state index in [-0.39, 0.29) is 17.5 Å². The van der Waals surface area contributed by atoms with Crippen molar-refractivity contribution in [2.24, 2.45) is 0 Å². The number of aromatic nitrogens is 2. The first-order valence-corrected chi connectivity index (χ1v) is 6.18. The minimum Gasteiger partial charge on any atom is -0.356 e. The van der Waals surface area contributed by atoms with Gasteiger partial charge >= 0.3 is 5.69 Å². The summed E-state index contributed by atoms with van der Waals surface area (Å²) in [5.41, 5.74) is -0.390. The fourth-order valence-electron chi connectivity index (χ4n) is 2.16. The van der Waals surface area contributed by atoms with Gasteiger partial charge in [-0.2, -0.15) is 0 Å².